The van der Waals surface area contributed by atoms with E-state index in [9.17, 15) is 28.8 Å². The smallest absolute Gasteiger partial charge is 0.267 e. The van der Waals surface area contributed by atoms with Gasteiger partial charge in [0.25, 0.3) is 10.1 Å². The van der Waals surface area contributed by atoms with Crippen LogP contribution in [-0.2, 0) is 10.1 Å². The third-order valence-corrected chi connectivity index (χ3v) is 3.56. The number of aliphatic hydroxyl groups is 6. The Morgan fingerprint density at radius 3 is 1.86 bits per heavy atom. The first-order valence-corrected chi connectivity index (χ1v) is 7.73. The molecule has 0 aliphatic rings. The van der Waals surface area contributed by atoms with Crippen molar-refractivity contribution in [1.29, 1.82) is 0 Å². The van der Waals surface area contributed by atoms with Crippen molar-refractivity contribution in [1.82, 2.24) is 4.90 Å². The van der Waals surface area contributed by atoms with E-state index >= 15 is 0 Å². The molecule has 5 unspecified atom stereocenters. The average Bonchev–Trinajstić information content (AvgIpc) is 2.32. The molecule has 0 rings (SSSR count). The molecule has 21 heavy (non-hydrogen) atoms. The molecule has 0 aromatic rings. The average molecular weight is 333 g/mol. The van der Waals surface area contributed by atoms with Gasteiger partial charge >= 0.3 is 0 Å². The van der Waals surface area contributed by atoms with Crippen molar-refractivity contribution in [3.63, 3.8) is 0 Å². The molecule has 11 heteroatoms. The molecule has 0 saturated heterocycles. The maximum Gasteiger partial charge on any atom is 0.267 e. The molecule has 0 saturated carbocycles. The molecule has 0 aromatic carbocycles. The SMILES string of the molecule is CN(CC(O)CS(=O)(=O)O)CC(O)C(O)C(O)C(O)CO. The van der Waals surface area contributed by atoms with Gasteiger partial charge in [-0.05, 0) is 7.05 Å². The highest BCUT2D eigenvalue weighted by molar-refractivity contribution is 7.85. The number of nitrogens with zero attached hydrogens (tertiary/aromatic N) is 1. The minimum atomic E-state index is -4.33. The van der Waals surface area contributed by atoms with Gasteiger partial charge in [0.2, 0.25) is 0 Å². The first kappa shape index (κ1) is 20.6. The first-order valence-electron chi connectivity index (χ1n) is 6.12. The lowest BCUT2D eigenvalue weighted by Crippen LogP contribution is -2.50. The summed E-state index contributed by atoms with van der Waals surface area (Å²) < 4.78 is 29.7. The number of hydrogen-bond donors (Lipinski definition) is 7. The van der Waals surface area contributed by atoms with Crippen LogP contribution in [0.5, 0.6) is 0 Å². The Balaban J connectivity index is 4.34. The summed E-state index contributed by atoms with van der Waals surface area (Å²) in [7, 11) is -2.93. The van der Waals surface area contributed by atoms with Crippen LogP contribution in [0, 0.1) is 0 Å². The lowest BCUT2D eigenvalue weighted by atomic mass is 10.0. The molecule has 7 N–H and O–H groups in total. The van der Waals surface area contributed by atoms with Gasteiger partial charge in [0.15, 0.2) is 0 Å². The minimum absolute atomic E-state index is 0.220. The van der Waals surface area contributed by atoms with Crippen LogP contribution in [0.4, 0.5) is 0 Å². The quantitative estimate of drug-likeness (QED) is 0.193. The van der Waals surface area contributed by atoms with Crippen LogP contribution in [0.15, 0.2) is 0 Å². The summed E-state index contributed by atoms with van der Waals surface area (Å²) >= 11 is 0. The predicted octanol–water partition coefficient (Wildman–Crippen LogP) is -4.40. The molecule has 10 nitrogen and oxygen atoms in total. The van der Waals surface area contributed by atoms with Gasteiger partial charge in [0.1, 0.15) is 24.1 Å². The van der Waals surface area contributed by atoms with Crippen molar-refractivity contribution in [2.75, 3.05) is 32.5 Å². The second-order valence-electron chi connectivity index (χ2n) is 4.92. The third kappa shape index (κ3) is 8.60. The standard InChI is InChI=1S/C10H23NO9S/c1-11(2-6(13)5-21(18,19)20)3-7(14)9(16)10(17)8(15)4-12/h6-10,12-17H,2-5H2,1H3,(H,18,19,20). The van der Waals surface area contributed by atoms with E-state index in [-0.39, 0.29) is 13.1 Å². The van der Waals surface area contributed by atoms with E-state index in [0.29, 0.717) is 0 Å². The van der Waals surface area contributed by atoms with Crippen molar-refractivity contribution in [2.45, 2.75) is 30.5 Å². The molecule has 0 spiro atoms. The summed E-state index contributed by atoms with van der Waals surface area (Å²) in [6.07, 6.45) is -8.04. The number of likely N-dealkylation sites (N-methyl/N-ethyl adjacent to an activating group) is 1. The highest BCUT2D eigenvalue weighted by atomic mass is 32.2. The molecule has 0 aromatic heterocycles. The number of hydrogen-bond acceptors (Lipinski definition) is 9. The Hall–Kier alpha value is -0.370. The predicted molar refractivity (Wildman–Crippen MR) is 71.0 cm³/mol. The maximum atomic E-state index is 10.6. The summed E-state index contributed by atoms with van der Waals surface area (Å²) in [6.45, 7) is -1.27. The molecule has 0 aliphatic carbocycles. The van der Waals surface area contributed by atoms with Crippen LogP contribution < -0.4 is 0 Å². The van der Waals surface area contributed by atoms with E-state index < -0.39 is 53.0 Å². The van der Waals surface area contributed by atoms with Gasteiger partial charge in [0, 0.05) is 13.1 Å². The summed E-state index contributed by atoms with van der Waals surface area (Å²) in [5, 5.41) is 55.8. The normalized spacial score (nSPS) is 20.0. The van der Waals surface area contributed by atoms with Crippen molar-refractivity contribution in [3.05, 3.63) is 0 Å². The fraction of sp³-hybridized carbons (Fsp3) is 1.00. The molecule has 0 aliphatic heterocycles. The fourth-order valence-electron chi connectivity index (χ4n) is 1.72. The largest absolute Gasteiger partial charge is 0.394 e. The summed E-state index contributed by atoms with van der Waals surface area (Å²) in [5.74, 6) is -0.873. The Morgan fingerprint density at radius 2 is 1.43 bits per heavy atom. The van der Waals surface area contributed by atoms with Gasteiger partial charge in [-0.3, -0.25) is 4.55 Å². The Morgan fingerprint density at radius 1 is 0.952 bits per heavy atom. The lowest BCUT2D eigenvalue weighted by molar-refractivity contribution is -0.119. The van der Waals surface area contributed by atoms with Gasteiger partial charge < -0.3 is 35.5 Å². The van der Waals surface area contributed by atoms with Gasteiger partial charge in [0.05, 0.1) is 18.8 Å². The zero-order valence-corrected chi connectivity index (χ0v) is 12.3. The van der Waals surface area contributed by atoms with E-state index in [1.165, 1.54) is 11.9 Å². The van der Waals surface area contributed by atoms with Crippen LogP contribution in [0.1, 0.15) is 0 Å². The van der Waals surface area contributed by atoms with E-state index in [4.69, 9.17) is 14.8 Å². The van der Waals surface area contributed by atoms with Crippen LogP contribution in [-0.4, -0.2) is 112 Å². The molecule has 128 valence electrons. The third-order valence-electron chi connectivity index (χ3n) is 2.75. The second-order valence-corrected chi connectivity index (χ2v) is 6.42. The van der Waals surface area contributed by atoms with Gasteiger partial charge in [-0.1, -0.05) is 0 Å². The highest BCUT2D eigenvalue weighted by Gasteiger charge is 2.30. The van der Waals surface area contributed by atoms with Crippen molar-refractivity contribution in [2.24, 2.45) is 0 Å². The molecule has 0 heterocycles. The van der Waals surface area contributed by atoms with E-state index in [1.54, 1.807) is 0 Å². The monoisotopic (exact) mass is 333 g/mol. The van der Waals surface area contributed by atoms with Crippen LogP contribution in [0.2, 0.25) is 0 Å². The molecule has 0 fully saturated rings. The Kier molecular flexibility index (Phi) is 8.77. The molecule has 5 atom stereocenters. The van der Waals surface area contributed by atoms with Gasteiger partial charge in [-0.15, -0.1) is 0 Å². The van der Waals surface area contributed by atoms with Crippen molar-refractivity contribution < 1.29 is 43.6 Å². The minimum Gasteiger partial charge on any atom is -0.394 e. The van der Waals surface area contributed by atoms with E-state index in [0.717, 1.165) is 0 Å². The molecule has 0 bridgehead atoms. The Bertz CT molecular complexity index is 390. The summed E-state index contributed by atoms with van der Waals surface area (Å²) in [4.78, 5) is 1.27. The van der Waals surface area contributed by atoms with E-state index in [2.05, 4.69) is 0 Å². The van der Waals surface area contributed by atoms with Crippen molar-refractivity contribution in [3.8, 4) is 0 Å². The van der Waals surface area contributed by atoms with Crippen molar-refractivity contribution >= 4 is 10.1 Å². The first-order chi connectivity index (χ1) is 9.47. The lowest BCUT2D eigenvalue weighted by Gasteiger charge is -2.29. The molecule has 0 radical (unpaired) electrons. The second kappa shape index (κ2) is 8.92. The fourth-order valence-corrected chi connectivity index (χ4v) is 2.31. The number of rotatable bonds is 10. The van der Waals surface area contributed by atoms with Crippen LogP contribution in [0.25, 0.3) is 0 Å². The van der Waals surface area contributed by atoms with Crippen LogP contribution >= 0.6 is 0 Å². The topological polar surface area (TPSA) is 179 Å². The van der Waals surface area contributed by atoms with Gasteiger partial charge in [-0.2, -0.15) is 8.42 Å². The Labute approximate surface area is 122 Å². The molecular formula is C10H23NO9S. The van der Waals surface area contributed by atoms with E-state index in [1.807, 2.05) is 0 Å². The zero-order chi connectivity index (χ0) is 16.8. The maximum absolute atomic E-state index is 10.6. The highest BCUT2D eigenvalue weighted by Crippen LogP contribution is 2.07. The summed E-state index contributed by atoms with van der Waals surface area (Å²) in [6, 6.07) is 0. The molecular weight excluding hydrogens is 310 g/mol. The number of aliphatic hydroxyl groups excluding tert-OH is 6. The van der Waals surface area contributed by atoms with Gasteiger partial charge in [-0.25, -0.2) is 0 Å². The zero-order valence-electron chi connectivity index (χ0n) is 11.5. The van der Waals surface area contributed by atoms with Crippen LogP contribution in [0.3, 0.4) is 0 Å². The molecule has 0 amide bonds. The summed E-state index contributed by atoms with van der Waals surface area (Å²) in [5.41, 5.74) is 0.